The van der Waals surface area contributed by atoms with Crippen LogP contribution in [0.1, 0.15) is 33.8 Å². The molecule has 1 aromatic carbocycles. The Morgan fingerprint density at radius 1 is 1.14 bits per heavy atom. The van der Waals surface area contributed by atoms with E-state index in [0.717, 1.165) is 25.9 Å². The molecule has 2 amide bonds. The summed E-state index contributed by atoms with van der Waals surface area (Å²) >= 11 is 0. The number of benzene rings is 1. The fourth-order valence-corrected chi connectivity index (χ4v) is 2.24. The Labute approximate surface area is 120 Å². The maximum absolute atomic E-state index is 12.2. The number of carbonyl (C=O) groups is 2. The average molecular weight is 286 g/mol. The zero-order valence-corrected chi connectivity index (χ0v) is 11.2. The second-order valence-electron chi connectivity index (χ2n) is 4.77. The average Bonchev–Trinajstić information content (AvgIpc) is 3.20. The second kappa shape index (κ2) is 5.70. The van der Waals surface area contributed by atoms with Crippen molar-refractivity contribution in [1.29, 1.82) is 0 Å². The van der Waals surface area contributed by atoms with E-state index in [9.17, 15) is 9.59 Å². The van der Waals surface area contributed by atoms with Crippen molar-refractivity contribution in [2.45, 2.75) is 12.8 Å². The quantitative estimate of drug-likeness (QED) is 0.863. The molecule has 1 fully saturated rings. The fourth-order valence-electron chi connectivity index (χ4n) is 2.24. The first-order chi connectivity index (χ1) is 10.2. The van der Waals surface area contributed by atoms with Crippen molar-refractivity contribution in [1.82, 2.24) is 25.5 Å². The van der Waals surface area contributed by atoms with Gasteiger partial charge in [0.05, 0.1) is 0 Å². The number of aromatic nitrogens is 4. The molecule has 0 unspecified atom stereocenters. The number of nitrogens with one attached hydrogen (secondary N) is 2. The highest BCUT2D eigenvalue weighted by Crippen LogP contribution is 2.15. The van der Waals surface area contributed by atoms with E-state index in [-0.39, 0.29) is 11.7 Å². The summed E-state index contributed by atoms with van der Waals surface area (Å²) in [5.74, 6) is -0.460. The number of rotatable bonds is 3. The summed E-state index contributed by atoms with van der Waals surface area (Å²) in [5.41, 5.74) is 1.19. The predicted octanol–water partition coefficient (Wildman–Crippen LogP) is 0.688. The van der Waals surface area contributed by atoms with Gasteiger partial charge in [-0.1, -0.05) is 0 Å². The summed E-state index contributed by atoms with van der Waals surface area (Å²) in [6, 6.07) is 6.77. The molecule has 108 valence electrons. The maximum atomic E-state index is 12.2. The van der Waals surface area contributed by atoms with E-state index in [2.05, 4.69) is 25.9 Å². The van der Waals surface area contributed by atoms with Crippen LogP contribution in [0.25, 0.3) is 0 Å². The Morgan fingerprint density at radius 2 is 1.86 bits per heavy atom. The number of hydrogen-bond donors (Lipinski definition) is 2. The molecule has 0 atom stereocenters. The van der Waals surface area contributed by atoms with Crippen LogP contribution in [0.2, 0.25) is 0 Å². The lowest BCUT2D eigenvalue weighted by molar-refractivity contribution is 0.0792. The molecule has 8 heteroatoms. The van der Waals surface area contributed by atoms with Gasteiger partial charge < -0.3 is 10.2 Å². The number of hydrogen-bond acceptors (Lipinski definition) is 5. The van der Waals surface area contributed by atoms with Crippen molar-refractivity contribution in [3.05, 3.63) is 35.7 Å². The number of likely N-dealkylation sites (tertiary alicyclic amines) is 1. The highest BCUT2D eigenvalue weighted by molar-refractivity contribution is 6.01. The van der Waals surface area contributed by atoms with Gasteiger partial charge in [0.1, 0.15) is 0 Å². The highest BCUT2D eigenvalue weighted by Gasteiger charge is 2.19. The van der Waals surface area contributed by atoms with Crippen LogP contribution in [-0.2, 0) is 0 Å². The molecule has 1 aromatic heterocycles. The van der Waals surface area contributed by atoms with E-state index in [4.69, 9.17) is 0 Å². The third-order valence-electron chi connectivity index (χ3n) is 3.33. The predicted molar refractivity (Wildman–Crippen MR) is 73.7 cm³/mol. The molecular weight excluding hydrogens is 272 g/mol. The van der Waals surface area contributed by atoms with Crippen molar-refractivity contribution in [2.75, 3.05) is 18.4 Å². The van der Waals surface area contributed by atoms with Crippen molar-refractivity contribution in [2.24, 2.45) is 0 Å². The summed E-state index contributed by atoms with van der Waals surface area (Å²) < 4.78 is 0. The lowest BCUT2D eigenvalue weighted by atomic mass is 10.2. The van der Waals surface area contributed by atoms with Gasteiger partial charge in [-0.05, 0) is 42.3 Å². The molecule has 2 N–H and O–H groups in total. The molecule has 2 heterocycles. The summed E-state index contributed by atoms with van der Waals surface area (Å²) in [5, 5.41) is 15.3. The Bertz CT molecular complexity index is 631. The minimum Gasteiger partial charge on any atom is -0.339 e. The third-order valence-corrected chi connectivity index (χ3v) is 3.33. The molecule has 21 heavy (non-hydrogen) atoms. The minimum absolute atomic E-state index is 0.0311. The SMILES string of the molecule is O=C(Nc1ccc(C(=O)N2CCCC2)cc1)c1nn[nH]n1. The molecule has 1 aliphatic rings. The van der Waals surface area contributed by atoms with Gasteiger partial charge in [0, 0.05) is 24.3 Å². The number of nitrogens with zero attached hydrogens (tertiary/aromatic N) is 4. The Balaban J connectivity index is 1.66. The molecule has 0 aliphatic carbocycles. The largest absolute Gasteiger partial charge is 0.339 e. The van der Waals surface area contributed by atoms with Crippen molar-refractivity contribution in [3.63, 3.8) is 0 Å². The van der Waals surface area contributed by atoms with Crippen molar-refractivity contribution >= 4 is 17.5 Å². The smallest absolute Gasteiger partial charge is 0.297 e. The molecule has 0 spiro atoms. The molecular formula is C13H14N6O2. The van der Waals surface area contributed by atoms with Crippen LogP contribution in [0.15, 0.2) is 24.3 Å². The summed E-state index contributed by atoms with van der Waals surface area (Å²) in [7, 11) is 0. The molecule has 2 aromatic rings. The van der Waals surface area contributed by atoms with E-state index in [0.29, 0.717) is 11.3 Å². The first-order valence-electron chi connectivity index (χ1n) is 6.68. The Morgan fingerprint density at radius 3 is 2.48 bits per heavy atom. The van der Waals surface area contributed by atoms with Gasteiger partial charge in [-0.15, -0.1) is 10.2 Å². The molecule has 0 radical (unpaired) electrons. The van der Waals surface area contributed by atoms with Crippen LogP contribution < -0.4 is 5.32 Å². The number of aromatic amines is 1. The monoisotopic (exact) mass is 286 g/mol. The third kappa shape index (κ3) is 2.88. The molecule has 0 saturated carbocycles. The van der Waals surface area contributed by atoms with Gasteiger partial charge in [-0.25, -0.2) is 0 Å². The first-order valence-corrected chi connectivity index (χ1v) is 6.68. The normalized spacial score (nSPS) is 14.2. The summed E-state index contributed by atoms with van der Waals surface area (Å²) in [6.45, 7) is 1.63. The van der Waals surface area contributed by atoms with Gasteiger partial charge in [-0.3, -0.25) is 9.59 Å². The standard InChI is InChI=1S/C13H14N6O2/c20-12(11-15-17-18-16-11)14-10-5-3-9(4-6-10)13(21)19-7-1-2-8-19/h3-6H,1-2,7-8H2,(H,14,20)(H,15,16,17,18). The summed E-state index contributed by atoms with van der Waals surface area (Å²) in [6.07, 6.45) is 2.12. The van der Waals surface area contributed by atoms with Crippen molar-refractivity contribution < 1.29 is 9.59 Å². The highest BCUT2D eigenvalue weighted by atomic mass is 16.2. The van der Waals surface area contributed by atoms with Crippen LogP contribution >= 0.6 is 0 Å². The Hall–Kier alpha value is -2.77. The summed E-state index contributed by atoms with van der Waals surface area (Å²) in [4.78, 5) is 25.7. The topological polar surface area (TPSA) is 104 Å². The van der Waals surface area contributed by atoms with E-state index in [1.165, 1.54) is 0 Å². The van der Waals surface area contributed by atoms with E-state index < -0.39 is 5.91 Å². The van der Waals surface area contributed by atoms with Crippen LogP contribution in [0.5, 0.6) is 0 Å². The van der Waals surface area contributed by atoms with E-state index >= 15 is 0 Å². The number of tetrazole rings is 1. The van der Waals surface area contributed by atoms with Crippen LogP contribution in [0.3, 0.4) is 0 Å². The molecule has 3 rings (SSSR count). The van der Waals surface area contributed by atoms with Crippen LogP contribution in [-0.4, -0.2) is 50.4 Å². The number of amides is 2. The minimum atomic E-state index is -0.456. The van der Waals surface area contributed by atoms with Gasteiger partial charge in [0.25, 0.3) is 17.6 Å². The van der Waals surface area contributed by atoms with E-state index in [1.54, 1.807) is 24.3 Å². The lowest BCUT2D eigenvalue weighted by Crippen LogP contribution is -2.27. The maximum Gasteiger partial charge on any atom is 0.297 e. The second-order valence-corrected chi connectivity index (χ2v) is 4.77. The Kier molecular flexibility index (Phi) is 3.59. The fraction of sp³-hybridized carbons (Fsp3) is 0.308. The van der Waals surface area contributed by atoms with Crippen LogP contribution in [0.4, 0.5) is 5.69 Å². The first kappa shape index (κ1) is 13.2. The van der Waals surface area contributed by atoms with E-state index in [1.807, 2.05) is 4.90 Å². The van der Waals surface area contributed by atoms with Crippen molar-refractivity contribution in [3.8, 4) is 0 Å². The molecule has 8 nitrogen and oxygen atoms in total. The number of anilines is 1. The zero-order chi connectivity index (χ0) is 14.7. The number of carbonyl (C=O) groups excluding carboxylic acids is 2. The van der Waals surface area contributed by atoms with Gasteiger partial charge in [0.15, 0.2) is 0 Å². The molecule has 0 bridgehead atoms. The van der Waals surface area contributed by atoms with Gasteiger partial charge in [0.2, 0.25) is 0 Å². The van der Waals surface area contributed by atoms with Gasteiger partial charge in [-0.2, -0.15) is 5.21 Å². The molecule has 1 aliphatic heterocycles. The van der Waals surface area contributed by atoms with Gasteiger partial charge >= 0.3 is 0 Å². The molecule has 1 saturated heterocycles. The number of H-pyrrole nitrogens is 1. The lowest BCUT2D eigenvalue weighted by Gasteiger charge is -2.15. The van der Waals surface area contributed by atoms with Crippen LogP contribution in [0, 0.1) is 0 Å². The zero-order valence-electron chi connectivity index (χ0n) is 11.2.